The van der Waals surface area contributed by atoms with Gasteiger partial charge in [0.2, 0.25) is 0 Å². The molecule has 0 amide bonds. The molecule has 10 heavy (non-hydrogen) atoms. The molecular weight excluding hydrogens is 132 g/mol. The normalized spacial score (nSPS) is 33.4. The monoisotopic (exact) mass is 144 g/mol. The van der Waals surface area contributed by atoms with Crippen molar-refractivity contribution in [1.29, 1.82) is 0 Å². The van der Waals surface area contributed by atoms with Gasteiger partial charge in [-0.1, -0.05) is 0 Å². The highest BCUT2D eigenvalue weighted by Crippen LogP contribution is 2.40. The summed E-state index contributed by atoms with van der Waals surface area (Å²) in [5.41, 5.74) is 10.8. The van der Waals surface area contributed by atoms with Crippen LogP contribution in [0, 0.1) is 11.8 Å². The summed E-state index contributed by atoms with van der Waals surface area (Å²) in [6.45, 7) is 0.383. The molecule has 0 aliphatic heterocycles. The highest BCUT2D eigenvalue weighted by Gasteiger charge is 2.46. The van der Waals surface area contributed by atoms with Crippen LogP contribution in [0.2, 0.25) is 0 Å². The fraction of sp³-hybridized carbons (Fsp3) is 0.833. The second-order valence-electron chi connectivity index (χ2n) is 2.74. The number of carboxylic acids is 1. The van der Waals surface area contributed by atoms with Crippen LogP contribution in [0.1, 0.15) is 6.42 Å². The number of hydrogen-bond acceptors (Lipinski definition) is 3. The highest BCUT2D eigenvalue weighted by molar-refractivity contribution is 5.73. The van der Waals surface area contributed by atoms with E-state index < -0.39 is 5.97 Å². The van der Waals surface area contributed by atoms with E-state index in [9.17, 15) is 4.79 Å². The van der Waals surface area contributed by atoms with Crippen molar-refractivity contribution >= 4 is 5.97 Å². The fourth-order valence-corrected chi connectivity index (χ4v) is 1.15. The van der Waals surface area contributed by atoms with Gasteiger partial charge in [-0.3, -0.25) is 4.79 Å². The molecule has 3 unspecified atom stereocenters. The summed E-state index contributed by atoms with van der Waals surface area (Å²) in [6.07, 6.45) is 0.702. The Hall–Kier alpha value is -0.610. The highest BCUT2D eigenvalue weighted by atomic mass is 16.4. The number of rotatable bonds is 3. The maximum Gasteiger partial charge on any atom is 0.306 e. The Labute approximate surface area is 59.2 Å². The number of nitrogens with two attached hydrogens (primary N) is 2. The fourth-order valence-electron chi connectivity index (χ4n) is 1.15. The summed E-state index contributed by atoms with van der Waals surface area (Å²) < 4.78 is 0. The molecule has 0 radical (unpaired) electrons. The first-order valence-electron chi connectivity index (χ1n) is 3.35. The Morgan fingerprint density at radius 2 is 2.40 bits per heavy atom. The number of aliphatic carboxylic acids is 1. The molecule has 1 aliphatic carbocycles. The zero-order valence-corrected chi connectivity index (χ0v) is 5.66. The third-order valence-electron chi connectivity index (χ3n) is 1.98. The van der Waals surface area contributed by atoms with Crippen LogP contribution < -0.4 is 11.5 Å². The molecule has 0 heterocycles. The first-order valence-corrected chi connectivity index (χ1v) is 3.35. The third kappa shape index (κ3) is 1.27. The quantitative estimate of drug-likeness (QED) is 0.473. The second-order valence-corrected chi connectivity index (χ2v) is 2.74. The standard InChI is InChI=1S/C6H12N2O2/c7-2-5(8)3-1-4(3)6(9)10/h3-5H,1-2,7-8H2,(H,9,10). The minimum Gasteiger partial charge on any atom is -0.481 e. The minimum atomic E-state index is -0.742. The van der Waals surface area contributed by atoms with Crippen LogP contribution in [-0.2, 0) is 4.79 Å². The van der Waals surface area contributed by atoms with Gasteiger partial charge in [0.1, 0.15) is 0 Å². The minimum absolute atomic E-state index is 0.124. The van der Waals surface area contributed by atoms with E-state index in [1.165, 1.54) is 0 Å². The summed E-state index contributed by atoms with van der Waals surface area (Å²) in [4.78, 5) is 10.3. The van der Waals surface area contributed by atoms with Crippen LogP contribution in [0.4, 0.5) is 0 Å². The van der Waals surface area contributed by atoms with Crippen LogP contribution in [0.3, 0.4) is 0 Å². The average molecular weight is 144 g/mol. The van der Waals surface area contributed by atoms with E-state index in [1.807, 2.05) is 0 Å². The first-order chi connectivity index (χ1) is 4.66. The molecule has 3 atom stereocenters. The van der Waals surface area contributed by atoms with E-state index in [2.05, 4.69) is 0 Å². The SMILES string of the molecule is NCC(N)C1CC1C(=O)O. The van der Waals surface area contributed by atoms with Crippen LogP contribution in [0.5, 0.6) is 0 Å². The van der Waals surface area contributed by atoms with Gasteiger partial charge in [0.15, 0.2) is 0 Å². The molecule has 0 aromatic rings. The molecular formula is C6H12N2O2. The van der Waals surface area contributed by atoms with Crippen molar-refractivity contribution in [3.8, 4) is 0 Å². The number of carboxylic acid groups (broad SMARTS) is 1. The Kier molecular flexibility index (Phi) is 1.92. The Morgan fingerprint density at radius 1 is 1.80 bits per heavy atom. The van der Waals surface area contributed by atoms with Crippen molar-refractivity contribution in [1.82, 2.24) is 0 Å². The van der Waals surface area contributed by atoms with Gasteiger partial charge in [-0.25, -0.2) is 0 Å². The second kappa shape index (κ2) is 2.56. The van der Waals surface area contributed by atoms with Gasteiger partial charge in [-0.05, 0) is 12.3 Å². The predicted molar refractivity (Wildman–Crippen MR) is 36.3 cm³/mol. The summed E-state index contributed by atoms with van der Waals surface area (Å²) in [5, 5.41) is 8.47. The summed E-state index contributed by atoms with van der Waals surface area (Å²) in [5.74, 6) is -0.838. The van der Waals surface area contributed by atoms with Crippen LogP contribution in [0.15, 0.2) is 0 Å². The van der Waals surface area contributed by atoms with E-state index in [0.717, 1.165) is 0 Å². The van der Waals surface area contributed by atoms with Gasteiger partial charge >= 0.3 is 5.97 Å². The Balaban J connectivity index is 2.31. The lowest BCUT2D eigenvalue weighted by Crippen LogP contribution is -2.32. The van der Waals surface area contributed by atoms with E-state index in [4.69, 9.17) is 16.6 Å². The lowest BCUT2D eigenvalue weighted by molar-refractivity contribution is -0.138. The molecule has 5 N–H and O–H groups in total. The zero-order chi connectivity index (χ0) is 7.72. The molecule has 0 spiro atoms. The van der Waals surface area contributed by atoms with Gasteiger partial charge in [0.25, 0.3) is 0 Å². The number of carbonyl (C=O) groups is 1. The molecule has 1 saturated carbocycles. The van der Waals surface area contributed by atoms with E-state index in [0.29, 0.717) is 13.0 Å². The molecule has 1 aliphatic rings. The maximum absolute atomic E-state index is 10.3. The Morgan fingerprint density at radius 3 is 2.70 bits per heavy atom. The van der Waals surface area contributed by atoms with Crippen molar-refractivity contribution in [2.24, 2.45) is 23.3 Å². The molecule has 1 rings (SSSR count). The van der Waals surface area contributed by atoms with E-state index >= 15 is 0 Å². The van der Waals surface area contributed by atoms with Gasteiger partial charge in [0.05, 0.1) is 5.92 Å². The Bertz CT molecular complexity index is 149. The van der Waals surface area contributed by atoms with Crippen LogP contribution >= 0.6 is 0 Å². The molecule has 58 valence electrons. The van der Waals surface area contributed by atoms with E-state index in [1.54, 1.807) is 0 Å². The lowest BCUT2D eigenvalue weighted by atomic mass is 10.1. The van der Waals surface area contributed by atoms with E-state index in [-0.39, 0.29) is 17.9 Å². The largest absolute Gasteiger partial charge is 0.481 e. The summed E-state index contributed by atoms with van der Waals surface area (Å²) in [7, 11) is 0. The number of hydrogen-bond donors (Lipinski definition) is 3. The lowest BCUT2D eigenvalue weighted by Gasteiger charge is -2.04. The summed E-state index contributed by atoms with van der Waals surface area (Å²) in [6, 6.07) is -0.124. The van der Waals surface area contributed by atoms with Crippen molar-refractivity contribution in [3.63, 3.8) is 0 Å². The third-order valence-corrected chi connectivity index (χ3v) is 1.98. The molecule has 0 bridgehead atoms. The van der Waals surface area contributed by atoms with Crippen LogP contribution in [0.25, 0.3) is 0 Å². The average Bonchev–Trinajstić information content (AvgIpc) is 2.64. The van der Waals surface area contributed by atoms with Crippen molar-refractivity contribution < 1.29 is 9.90 Å². The molecule has 4 nitrogen and oxygen atoms in total. The van der Waals surface area contributed by atoms with Crippen molar-refractivity contribution in [3.05, 3.63) is 0 Å². The molecule has 1 fully saturated rings. The molecule has 0 aromatic carbocycles. The maximum atomic E-state index is 10.3. The van der Waals surface area contributed by atoms with Crippen molar-refractivity contribution in [2.45, 2.75) is 12.5 Å². The predicted octanol–water partition coefficient (Wildman–Crippen LogP) is -1.01. The molecule has 0 saturated heterocycles. The molecule has 4 heteroatoms. The van der Waals surface area contributed by atoms with Gasteiger partial charge < -0.3 is 16.6 Å². The first kappa shape index (κ1) is 7.50. The van der Waals surface area contributed by atoms with Gasteiger partial charge in [-0.15, -0.1) is 0 Å². The van der Waals surface area contributed by atoms with Crippen molar-refractivity contribution in [2.75, 3.05) is 6.54 Å². The van der Waals surface area contributed by atoms with Crippen LogP contribution in [-0.4, -0.2) is 23.7 Å². The molecule has 0 aromatic heterocycles. The summed E-state index contributed by atoms with van der Waals surface area (Å²) >= 11 is 0. The smallest absolute Gasteiger partial charge is 0.306 e. The van der Waals surface area contributed by atoms with Gasteiger partial charge in [-0.2, -0.15) is 0 Å². The topological polar surface area (TPSA) is 89.3 Å². The van der Waals surface area contributed by atoms with Gasteiger partial charge in [0, 0.05) is 12.6 Å². The zero-order valence-electron chi connectivity index (χ0n) is 5.66.